The van der Waals surface area contributed by atoms with Gasteiger partial charge in [0.25, 0.3) is 5.91 Å². The molecule has 0 spiro atoms. The maximum absolute atomic E-state index is 12.1. The van der Waals surface area contributed by atoms with Crippen molar-refractivity contribution in [2.75, 3.05) is 11.9 Å². The number of hydrogen-bond donors (Lipinski definition) is 1. The van der Waals surface area contributed by atoms with Gasteiger partial charge in [-0.3, -0.25) is 4.79 Å². The molecule has 1 N–H and O–H groups in total. The maximum Gasteiger partial charge on any atom is 0.262 e. The van der Waals surface area contributed by atoms with Gasteiger partial charge in [0.15, 0.2) is 12.4 Å². The molecule has 1 aromatic heterocycles. The lowest BCUT2D eigenvalue weighted by Crippen LogP contribution is -2.20. The zero-order chi connectivity index (χ0) is 19.3. The lowest BCUT2D eigenvalue weighted by molar-refractivity contribution is -0.118. The summed E-state index contributed by atoms with van der Waals surface area (Å²) in [7, 11) is 0. The number of amides is 1. The molecular formula is C21H21ClN4O2. The summed E-state index contributed by atoms with van der Waals surface area (Å²) in [6.07, 6.45) is 4.53. The fraction of sp³-hybridized carbons (Fsp3) is 0.286. The van der Waals surface area contributed by atoms with E-state index in [1.807, 2.05) is 24.3 Å². The molecule has 144 valence electrons. The fourth-order valence-electron chi connectivity index (χ4n) is 3.30. The molecule has 1 aliphatic rings. The van der Waals surface area contributed by atoms with E-state index < -0.39 is 0 Å². The third kappa shape index (κ3) is 4.34. The molecule has 0 saturated heterocycles. The molecule has 0 atom stereocenters. The van der Waals surface area contributed by atoms with Gasteiger partial charge in [0, 0.05) is 29.2 Å². The molecule has 0 saturated carbocycles. The first kappa shape index (κ1) is 18.5. The van der Waals surface area contributed by atoms with Crippen LogP contribution in [0.3, 0.4) is 0 Å². The molecule has 28 heavy (non-hydrogen) atoms. The van der Waals surface area contributed by atoms with E-state index in [9.17, 15) is 4.79 Å². The highest BCUT2D eigenvalue weighted by Gasteiger charge is 2.16. The van der Waals surface area contributed by atoms with Crippen molar-refractivity contribution in [1.82, 2.24) is 14.8 Å². The number of carbonyl (C=O) groups is 1. The highest BCUT2D eigenvalue weighted by atomic mass is 35.5. The molecule has 6 nitrogen and oxygen atoms in total. The molecular weight excluding hydrogens is 376 g/mol. The molecule has 7 heteroatoms. The normalized spacial score (nSPS) is 13.5. The van der Waals surface area contributed by atoms with Crippen LogP contribution in [-0.2, 0) is 17.8 Å². The van der Waals surface area contributed by atoms with Crippen LogP contribution >= 0.6 is 11.6 Å². The van der Waals surface area contributed by atoms with Crippen LogP contribution < -0.4 is 10.1 Å². The van der Waals surface area contributed by atoms with Crippen molar-refractivity contribution < 1.29 is 9.53 Å². The van der Waals surface area contributed by atoms with Gasteiger partial charge in [-0.15, -0.1) is 10.2 Å². The summed E-state index contributed by atoms with van der Waals surface area (Å²) in [5, 5.41) is 12.1. The minimum absolute atomic E-state index is 0.0836. The molecule has 4 rings (SSSR count). The predicted octanol–water partition coefficient (Wildman–Crippen LogP) is 4.34. The zero-order valence-corrected chi connectivity index (χ0v) is 16.2. The standard InChI is InChI=1S/C21H21ClN4O2/c22-16-5-4-6-18(13-16)28-14-20(27)23-17-10-8-15(9-11-17)21-25-24-19-7-2-1-3-12-26(19)21/h4-6,8-11,13H,1-3,7,12,14H2,(H,23,27). The van der Waals surface area contributed by atoms with Crippen LogP contribution in [0, 0.1) is 0 Å². The second-order valence-electron chi connectivity index (χ2n) is 6.77. The second kappa shape index (κ2) is 8.44. The van der Waals surface area contributed by atoms with Gasteiger partial charge in [0.1, 0.15) is 11.6 Å². The van der Waals surface area contributed by atoms with Crippen LogP contribution in [0.5, 0.6) is 5.75 Å². The third-order valence-electron chi connectivity index (χ3n) is 4.70. The third-order valence-corrected chi connectivity index (χ3v) is 4.94. The number of aromatic nitrogens is 3. The second-order valence-corrected chi connectivity index (χ2v) is 7.21. The minimum Gasteiger partial charge on any atom is -0.484 e. The molecule has 2 aromatic carbocycles. The van der Waals surface area contributed by atoms with E-state index in [0.717, 1.165) is 36.6 Å². The van der Waals surface area contributed by atoms with Crippen molar-refractivity contribution in [3.05, 3.63) is 59.4 Å². The number of ether oxygens (including phenoxy) is 1. The smallest absolute Gasteiger partial charge is 0.262 e. The molecule has 0 radical (unpaired) electrons. The van der Waals surface area contributed by atoms with E-state index in [1.54, 1.807) is 24.3 Å². The number of halogens is 1. The quantitative estimate of drug-likeness (QED) is 0.696. The van der Waals surface area contributed by atoms with E-state index in [1.165, 1.54) is 12.8 Å². The molecule has 1 aliphatic heterocycles. The van der Waals surface area contributed by atoms with Crippen LogP contribution in [0.15, 0.2) is 48.5 Å². The lowest BCUT2D eigenvalue weighted by Gasteiger charge is -2.09. The van der Waals surface area contributed by atoms with Gasteiger partial charge in [0.05, 0.1) is 0 Å². The van der Waals surface area contributed by atoms with Crippen LogP contribution in [0.4, 0.5) is 5.69 Å². The van der Waals surface area contributed by atoms with Gasteiger partial charge in [-0.25, -0.2) is 0 Å². The first-order chi connectivity index (χ1) is 13.7. The number of nitrogens with one attached hydrogen (secondary N) is 1. The monoisotopic (exact) mass is 396 g/mol. The maximum atomic E-state index is 12.1. The number of aryl methyl sites for hydroxylation is 1. The Balaban J connectivity index is 1.38. The Morgan fingerprint density at radius 3 is 2.79 bits per heavy atom. The highest BCUT2D eigenvalue weighted by Crippen LogP contribution is 2.24. The van der Waals surface area contributed by atoms with E-state index in [-0.39, 0.29) is 12.5 Å². The number of rotatable bonds is 5. The van der Waals surface area contributed by atoms with Crippen LogP contribution in [0.25, 0.3) is 11.4 Å². The molecule has 1 amide bonds. The summed E-state index contributed by atoms with van der Waals surface area (Å²) in [4.78, 5) is 12.1. The molecule has 0 unspecified atom stereocenters. The van der Waals surface area contributed by atoms with Gasteiger partial charge < -0.3 is 14.6 Å². The van der Waals surface area contributed by atoms with Crippen LogP contribution in [0.1, 0.15) is 25.1 Å². The van der Waals surface area contributed by atoms with Crippen molar-refractivity contribution >= 4 is 23.2 Å². The summed E-state index contributed by atoms with van der Waals surface area (Å²) >= 11 is 5.91. The Hall–Kier alpha value is -2.86. The van der Waals surface area contributed by atoms with E-state index in [4.69, 9.17) is 16.3 Å². The summed E-state index contributed by atoms with van der Waals surface area (Å²) < 4.78 is 7.67. The number of benzene rings is 2. The van der Waals surface area contributed by atoms with Crippen molar-refractivity contribution in [2.45, 2.75) is 32.2 Å². The number of hydrogen-bond acceptors (Lipinski definition) is 4. The predicted molar refractivity (Wildman–Crippen MR) is 109 cm³/mol. The minimum atomic E-state index is -0.232. The van der Waals surface area contributed by atoms with Crippen molar-refractivity contribution in [2.24, 2.45) is 0 Å². The number of nitrogens with zero attached hydrogens (tertiary/aromatic N) is 3. The Kier molecular flexibility index (Phi) is 5.58. The Bertz CT molecular complexity index is 969. The highest BCUT2D eigenvalue weighted by molar-refractivity contribution is 6.30. The molecule has 0 aliphatic carbocycles. The fourth-order valence-corrected chi connectivity index (χ4v) is 3.48. The summed E-state index contributed by atoms with van der Waals surface area (Å²) in [5.41, 5.74) is 1.70. The Morgan fingerprint density at radius 2 is 1.96 bits per heavy atom. The van der Waals surface area contributed by atoms with Crippen LogP contribution in [-0.4, -0.2) is 27.3 Å². The summed E-state index contributed by atoms with van der Waals surface area (Å²) in [6.45, 7) is 0.872. The summed E-state index contributed by atoms with van der Waals surface area (Å²) in [6, 6.07) is 14.6. The summed E-state index contributed by atoms with van der Waals surface area (Å²) in [5.74, 6) is 2.27. The van der Waals surface area contributed by atoms with Crippen molar-refractivity contribution in [3.63, 3.8) is 0 Å². The molecule has 0 fully saturated rings. The van der Waals surface area contributed by atoms with Gasteiger partial charge >= 0.3 is 0 Å². The first-order valence-electron chi connectivity index (χ1n) is 9.40. The number of fused-ring (bicyclic) bond motifs is 1. The van der Waals surface area contributed by atoms with Gasteiger partial charge in [-0.05, 0) is 55.3 Å². The van der Waals surface area contributed by atoms with E-state index in [2.05, 4.69) is 20.1 Å². The Labute approximate surface area is 168 Å². The SMILES string of the molecule is O=C(COc1cccc(Cl)c1)Nc1ccc(-c2nnc3n2CCCCC3)cc1. The molecule has 3 aromatic rings. The topological polar surface area (TPSA) is 69.0 Å². The number of anilines is 1. The van der Waals surface area contributed by atoms with Crippen molar-refractivity contribution in [3.8, 4) is 17.1 Å². The van der Waals surface area contributed by atoms with Gasteiger partial charge in [0.2, 0.25) is 0 Å². The Morgan fingerprint density at radius 1 is 1.11 bits per heavy atom. The molecule has 0 bridgehead atoms. The van der Waals surface area contributed by atoms with Crippen LogP contribution in [0.2, 0.25) is 5.02 Å². The van der Waals surface area contributed by atoms with E-state index in [0.29, 0.717) is 16.5 Å². The van der Waals surface area contributed by atoms with Gasteiger partial charge in [-0.2, -0.15) is 0 Å². The first-order valence-corrected chi connectivity index (χ1v) is 9.77. The van der Waals surface area contributed by atoms with Gasteiger partial charge in [-0.1, -0.05) is 24.1 Å². The largest absolute Gasteiger partial charge is 0.484 e. The van der Waals surface area contributed by atoms with Crippen molar-refractivity contribution in [1.29, 1.82) is 0 Å². The lowest BCUT2D eigenvalue weighted by atomic mass is 10.2. The molecule has 2 heterocycles. The number of carbonyl (C=O) groups excluding carboxylic acids is 1. The average Bonchev–Trinajstić information content (AvgIpc) is 2.95. The average molecular weight is 397 g/mol. The van der Waals surface area contributed by atoms with E-state index >= 15 is 0 Å². The zero-order valence-electron chi connectivity index (χ0n) is 15.4.